The van der Waals surface area contributed by atoms with Crippen molar-refractivity contribution < 1.29 is 4.79 Å². The molecular weight excluding hydrogens is 310 g/mol. The lowest BCUT2D eigenvalue weighted by Crippen LogP contribution is -2.50. The first-order valence-corrected chi connectivity index (χ1v) is 9.01. The van der Waals surface area contributed by atoms with Crippen molar-refractivity contribution in [2.75, 3.05) is 38.0 Å². The minimum atomic E-state index is 0.00895. The maximum absolute atomic E-state index is 12.5. The molecule has 0 spiro atoms. The average Bonchev–Trinajstić information content (AvgIpc) is 2.63. The third-order valence-corrected chi connectivity index (χ3v) is 4.84. The highest BCUT2D eigenvalue weighted by molar-refractivity contribution is 5.90. The minimum Gasteiger partial charge on any atom is -0.322 e. The number of amides is 2. The minimum absolute atomic E-state index is 0.00895. The molecule has 0 aliphatic carbocycles. The van der Waals surface area contributed by atoms with Crippen LogP contribution in [-0.2, 0) is 6.42 Å². The van der Waals surface area contributed by atoms with Gasteiger partial charge in [0.1, 0.15) is 0 Å². The van der Waals surface area contributed by atoms with Crippen LogP contribution in [-0.4, -0.2) is 48.6 Å². The fourth-order valence-electron chi connectivity index (χ4n) is 3.25. The number of hydrogen-bond acceptors (Lipinski definition) is 2. The van der Waals surface area contributed by atoms with Gasteiger partial charge < -0.3 is 10.2 Å². The van der Waals surface area contributed by atoms with Gasteiger partial charge in [-0.3, -0.25) is 4.90 Å². The standard InChI is InChI=1S/C21H27N3O/c1-17-8-9-20(18(2)16-17)22-21(25)24-14-12-23(13-15-24)11-10-19-6-4-3-5-7-19/h3-9,16H,10-15H2,1-2H3,(H,22,25). The Labute approximate surface area is 150 Å². The summed E-state index contributed by atoms with van der Waals surface area (Å²) in [5, 5.41) is 3.05. The van der Waals surface area contributed by atoms with Gasteiger partial charge in [0.05, 0.1) is 0 Å². The molecule has 0 unspecified atom stereocenters. The fraction of sp³-hybridized carbons (Fsp3) is 0.381. The summed E-state index contributed by atoms with van der Waals surface area (Å²) in [7, 11) is 0. The molecule has 4 heteroatoms. The number of benzene rings is 2. The Morgan fingerprint density at radius 1 is 1.00 bits per heavy atom. The van der Waals surface area contributed by atoms with Gasteiger partial charge in [0.15, 0.2) is 0 Å². The van der Waals surface area contributed by atoms with Gasteiger partial charge in [-0.05, 0) is 37.5 Å². The summed E-state index contributed by atoms with van der Waals surface area (Å²) >= 11 is 0. The number of nitrogens with one attached hydrogen (secondary N) is 1. The summed E-state index contributed by atoms with van der Waals surface area (Å²) in [6.45, 7) is 8.59. The van der Waals surface area contributed by atoms with Crippen LogP contribution in [0.1, 0.15) is 16.7 Å². The highest BCUT2D eigenvalue weighted by Crippen LogP contribution is 2.17. The monoisotopic (exact) mass is 337 g/mol. The molecule has 1 saturated heterocycles. The second kappa shape index (κ2) is 8.17. The van der Waals surface area contributed by atoms with Crippen LogP contribution in [0.15, 0.2) is 48.5 Å². The number of carbonyl (C=O) groups excluding carboxylic acids is 1. The summed E-state index contributed by atoms with van der Waals surface area (Å²) < 4.78 is 0. The van der Waals surface area contributed by atoms with Gasteiger partial charge >= 0.3 is 6.03 Å². The Hall–Kier alpha value is -2.33. The number of rotatable bonds is 4. The smallest absolute Gasteiger partial charge is 0.321 e. The van der Waals surface area contributed by atoms with Crippen molar-refractivity contribution in [3.63, 3.8) is 0 Å². The second-order valence-electron chi connectivity index (χ2n) is 6.81. The van der Waals surface area contributed by atoms with Crippen LogP contribution in [0, 0.1) is 13.8 Å². The Morgan fingerprint density at radius 2 is 1.72 bits per heavy atom. The maximum atomic E-state index is 12.5. The predicted molar refractivity (Wildman–Crippen MR) is 103 cm³/mol. The highest BCUT2D eigenvalue weighted by atomic mass is 16.2. The van der Waals surface area contributed by atoms with E-state index in [2.05, 4.69) is 53.5 Å². The van der Waals surface area contributed by atoms with Crippen molar-refractivity contribution in [3.8, 4) is 0 Å². The van der Waals surface area contributed by atoms with E-state index in [0.717, 1.165) is 50.4 Å². The highest BCUT2D eigenvalue weighted by Gasteiger charge is 2.21. The molecule has 1 heterocycles. The topological polar surface area (TPSA) is 35.6 Å². The van der Waals surface area contributed by atoms with E-state index < -0.39 is 0 Å². The van der Waals surface area contributed by atoms with Crippen LogP contribution >= 0.6 is 0 Å². The second-order valence-corrected chi connectivity index (χ2v) is 6.81. The van der Waals surface area contributed by atoms with Crippen molar-refractivity contribution >= 4 is 11.7 Å². The molecule has 0 atom stereocenters. The van der Waals surface area contributed by atoms with Gasteiger partial charge in [-0.15, -0.1) is 0 Å². The summed E-state index contributed by atoms with van der Waals surface area (Å²) in [5.74, 6) is 0. The maximum Gasteiger partial charge on any atom is 0.321 e. The number of piperazine rings is 1. The van der Waals surface area contributed by atoms with Crippen molar-refractivity contribution in [2.24, 2.45) is 0 Å². The third kappa shape index (κ3) is 4.83. The first-order chi connectivity index (χ1) is 12.1. The Balaban J connectivity index is 1.46. The lowest BCUT2D eigenvalue weighted by Gasteiger charge is -2.34. The number of anilines is 1. The van der Waals surface area contributed by atoms with Crippen LogP contribution in [0.25, 0.3) is 0 Å². The Morgan fingerprint density at radius 3 is 2.40 bits per heavy atom. The SMILES string of the molecule is Cc1ccc(NC(=O)N2CCN(CCc3ccccc3)CC2)c(C)c1. The van der Waals surface area contributed by atoms with E-state index in [0.29, 0.717) is 0 Å². The molecule has 0 bridgehead atoms. The molecule has 2 aromatic rings. The van der Waals surface area contributed by atoms with E-state index in [1.807, 2.05) is 24.0 Å². The van der Waals surface area contributed by atoms with Crippen LogP contribution < -0.4 is 5.32 Å². The molecule has 0 aromatic heterocycles. The number of hydrogen-bond donors (Lipinski definition) is 1. The average molecular weight is 337 g/mol. The normalized spacial score (nSPS) is 15.2. The molecule has 1 N–H and O–H groups in total. The van der Waals surface area contributed by atoms with Crippen molar-refractivity contribution in [3.05, 3.63) is 65.2 Å². The summed E-state index contributed by atoms with van der Waals surface area (Å²) in [4.78, 5) is 16.8. The zero-order valence-electron chi connectivity index (χ0n) is 15.2. The molecule has 4 nitrogen and oxygen atoms in total. The summed E-state index contributed by atoms with van der Waals surface area (Å²) in [5.41, 5.74) is 4.59. The summed E-state index contributed by atoms with van der Waals surface area (Å²) in [6.07, 6.45) is 1.07. The molecule has 1 aliphatic rings. The van der Waals surface area contributed by atoms with E-state index in [4.69, 9.17) is 0 Å². The zero-order valence-corrected chi connectivity index (χ0v) is 15.2. The summed E-state index contributed by atoms with van der Waals surface area (Å²) in [6, 6.07) is 16.7. The molecule has 2 aromatic carbocycles. The predicted octanol–water partition coefficient (Wildman–Crippen LogP) is 3.70. The van der Waals surface area contributed by atoms with Crippen molar-refractivity contribution in [1.82, 2.24) is 9.80 Å². The number of carbonyl (C=O) groups is 1. The van der Waals surface area contributed by atoms with Gasteiger partial charge in [-0.1, -0.05) is 48.0 Å². The Bertz CT molecular complexity index is 706. The van der Waals surface area contributed by atoms with Gasteiger partial charge in [0, 0.05) is 38.4 Å². The van der Waals surface area contributed by atoms with Crippen LogP contribution in [0.3, 0.4) is 0 Å². The molecule has 3 rings (SSSR count). The van der Waals surface area contributed by atoms with Crippen LogP contribution in [0.4, 0.5) is 10.5 Å². The van der Waals surface area contributed by atoms with E-state index in [1.165, 1.54) is 11.1 Å². The first-order valence-electron chi connectivity index (χ1n) is 9.01. The van der Waals surface area contributed by atoms with Gasteiger partial charge in [0.2, 0.25) is 0 Å². The van der Waals surface area contributed by atoms with Crippen LogP contribution in [0.2, 0.25) is 0 Å². The molecule has 25 heavy (non-hydrogen) atoms. The lowest BCUT2D eigenvalue weighted by molar-refractivity contribution is 0.148. The van der Waals surface area contributed by atoms with Crippen LogP contribution in [0.5, 0.6) is 0 Å². The largest absolute Gasteiger partial charge is 0.322 e. The molecule has 0 radical (unpaired) electrons. The van der Waals surface area contributed by atoms with Gasteiger partial charge in [-0.25, -0.2) is 4.79 Å². The molecule has 2 amide bonds. The molecule has 1 aliphatic heterocycles. The van der Waals surface area contributed by atoms with E-state index in [9.17, 15) is 4.79 Å². The molecular formula is C21H27N3O. The Kier molecular flexibility index (Phi) is 5.71. The molecule has 132 valence electrons. The van der Waals surface area contributed by atoms with Gasteiger partial charge in [-0.2, -0.15) is 0 Å². The van der Waals surface area contributed by atoms with E-state index in [1.54, 1.807) is 0 Å². The quantitative estimate of drug-likeness (QED) is 0.923. The van der Waals surface area contributed by atoms with E-state index in [-0.39, 0.29) is 6.03 Å². The van der Waals surface area contributed by atoms with Gasteiger partial charge in [0.25, 0.3) is 0 Å². The van der Waals surface area contributed by atoms with Crippen molar-refractivity contribution in [2.45, 2.75) is 20.3 Å². The fourth-order valence-corrected chi connectivity index (χ4v) is 3.25. The third-order valence-electron chi connectivity index (χ3n) is 4.84. The molecule has 1 fully saturated rings. The number of nitrogens with zero attached hydrogens (tertiary/aromatic N) is 2. The zero-order chi connectivity index (χ0) is 17.6. The first kappa shape index (κ1) is 17.5. The van der Waals surface area contributed by atoms with E-state index >= 15 is 0 Å². The lowest BCUT2D eigenvalue weighted by atomic mass is 10.1. The molecule has 0 saturated carbocycles. The number of urea groups is 1. The number of aryl methyl sites for hydroxylation is 2. The van der Waals surface area contributed by atoms with Crippen molar-refractivity contribution in [1.29, 1.82) is 0 Å².